The molecule has 0 aromatic heterocycles. The summed E-state index contributed by atoms with van der Waals surface area (Å²) in [7, 11) is 0. The average molecular weight is 271 g/mol. The molecule has 0 saturated carbocycles. The van der Waals surface area contributed by atoms with Crippen LogP contribution in [0.4, 0.5) is 4.79 Å². The molecular formula is C13H19ClN2O2. The van der Waals surface area contributed by atoms with Gasteiger partial charge in [0.05, 0.1) is 12.1 Å². The number of carbonyl (C=O) groups is 1. The molecule has 2 atom stereocenters. The number of carbonyl (C=O) groups excluding carboxylic acids is 1. The minimum Gasteiger partial charge on any atom is -0.393 e. The predicted octanol–water partition coefficient (Wildman–Crippen LogP) is 2.47. The van der Waals surface area contributed by atoms with Gasteiger partial charge in [-0.2, -0.15) is 0 Å². The molecular weight excluding hydrogens is 252 g/mol. The number of rotatable bonds is 5. The third-order valence-corrected chi connectivity index (χ3v) is 2.82. The molecule has 2 unspecified atom stereocenters. The number of nitrogens with one attached hydrogen (secondary N) is 2. The second-order valence-corrected chi connectivity index (χ2v) is 4.75. The Kier molecular flexibility index (Phi) is 5.95. The first-order valence-electron chi connectivity index (χ1n) is 5.97. The van der Waals surface area contributed by atoms with Crippen molar-refractivity contribution >= 4 is 17.6 Å². The summed E-state index contributed by atoms with van der Waals surface area (Å²) >= 11 is 5.80. The number of amides is 2. The van der Waals surface area contributed by atoms with Gasteiger partial charge in [0.25, 0.3) is 0 Å². The number of hydrogen-bond donors (Lipinski definition) is 3. The molecule has 0 radical (unpaired) electrons. The first-order chi connectivity index (χ1) is 8.49. The molecule has 18 heavy (non-hydrogen) atoms. The third-order valence-electron chi connectivity index (χ3n) is 2.57. The van der Waals surface area contributed by atoms with E-state index in [1.807, 2.05) is 19.1 Å². The topological polar surface area (TPSA) is 61.4 Å². The van der Waals surface area contributed by atoms with E-state index in [9.17, 15) is 4.79 Å². The van der Waals surface area contributed by atoms with E-state index in [-0.39, 0.29) is 12.1 Å². The summed E-state index contributed by atoms with van der Waals surface area (Å²) in [6.07, 6.45) is 0.141. The van der Waals surface area contributed by atoms with E-state index < -0.39 is 6.10 Å². The van der Waals surface area contributed by atoms with E-state index in [4.69, 9.17) is 16.7 Å². The Balaban J connectivity index is 2.37. The molecule has 0 aliphatic carbocycles. The summed E-state index contributed by atoms with van der Waals surface area (Å²) in [6.45, 7) is 4.05. The Hall–Kier alpha value is -1.26. The molecule has 4 nitrogen and oxygen atoms in total. The normalized spacial score (nSPS) is 13.8. The summed E-state index contributed by atoms with van der Waals surface area (Å²) in [5.41, 5.74) is 0.991. The number of halogens is 1. The van der Waals surface area contributed by atoms with Crippen molar-refractivity contribution in [1.29, 1.82) is 0 Å². The molecule has 3 N–H and O–H groups in total. The molecule has 0 bridgehead atoms. The molecule has 0 saturated heterocycles. The van der Waals surface area contributed by atoms with Crippen molar-refractivity contribution in [3.8, 4) is 0 Å². The Morgan fingerprint density at radius 2 is 1.94 bits per heavy atom. The van der Waals surface area contributed by atoms with Crippen molar-refractivity contribution in [1.82, 2.24) is 10.6 Å². The van der Waals surface area contributed by atoms with E-state index in [0.29, 0.717) is 18.0 Å². The monoisotopic (exact) mass is 270 g/mol. The molecule has 2 amide bonds. The van der Waals surface area contributed by atoms with Gasteiger partial charge in [-0.15, -0.1) is 0 Å². The van der Waals surface area contributed by atoms with Crippen LogP contribution in [-0.2, 0) is 0 Å². The van der Waals surface area contributed by atoms with Crippen LogP contribution in [0.5, 0.6) is 0 Å². The van der Waals surface area contributed by atoms with E-state index >= 15 is 0 Å². The summed E-state index contributed by atoms with van der Waals surface area (Å²) in [4.78, 5) is 11.5. The molecule has 0 fully saturated rings. The molecule has 1 aromatic carbocycles. The lowest BCUT2D eigenvalue weighted by atomic mass is 10.1. The first-order valence-corrected chi connectivity index (χ1v) is 6.34. The van der Waals surface area contributed by atoms with Gasteiger partial charge in [-0.3, -0.25) is 0 Å². The predicted molar refractivity (Wildman–Crippen MR) is 72.7 cm³/mol. The molecule has 1 aromatic rings. The van der Waals surface area contributed by atoms with Crippen LogP contribution in [0, 0.1) is 0 Å². The van der Waals surface area contributed by atoms with Crippen molar-refractivity contribution < 1.29 is 9.90 Å². The van der Waals surface area contributed by atoms with Gasteiger partial charge in [0.2, 0.25) is 0 Å². The van der Waals surface area contributed by atoms with Crippen molar-refractivity contribution in [3.05, 3.63) is 34.9 Å². The van der Waals surface area contributed by atoms with Crippen molar-refractivity contribution in [2.75, 3.05) is 6.54 Å². The van der Waals surface area contributed by atoms with E-state index in [0.717, 1.165) is 5.56 Å². The second-order valence-electron chi connectivity index (χ2n) is 4.31. The molecule has 0 aliphatic rings. The van der Waals surface area contributed by atoms with Crippen LogP contribution in [0.3, 0.4) is 0 Å². The van der Waals surface area contributed by atoms with Crippen molar-refractivity contribution in [2.45, 2.75) is 32.4 Å². The van der Waals surface area contributed by atoms with E-state index in [1.165, 1.54) is 0 Å². The summed E-state index contributed by atoms with van der Waals surface area (Å²) < 4.78 is 0. The Morgan fingerprint density at radius 3 is 2.50 bits per heavy atom. The molecule has 0 spiro atoms. The lowest BCUT2D eigenvalue weighted by molar-refractivity contribution is 0.183. The maximum Gasteiger partial charge on any atom is 0.315 e. The van der Waals surface area contributed by atoms with Gasteiger partial charge in [-0.25, -0.2) is 4.79 Å². The standard InChI is InChI=1S/C13H19ClN2O2/c1-9(17)7-8-15-13(18)16-10(2)11-3-5-12(14)6-4-11/h3-6,9-10,17H,7-8H2,1-2H3,(H2,15,16,18). The van der Waals surface area contributed by atoms with Crippen LogP contribution in [-0.4, -0.2) is 23.8 Å². The zero-order valence-corrected chi connectivity index (χ0v) is 11.4. The summed E-state index contributed by atoms with van der Waals surface area (Å²) in [5, 5.41) is 15.2. The minimum absolute atomic E-state index is 0.0891. The third kappa shape index (κ3) is 5.38. The summed E-state index contributed by atoms with van der Waals surface area (Å²) in [5.74, 6) is 0. The quantitative estimate of drug-likeness (QED) is 0.770. The zero-order valence-electron chi connectivity index (χ0n) is 10.6. The highest BCUT2D eigenvalue weighted by Gasteiger charge is 2.08. The van der Waals surface area contributed by atoms with Crippen LogP contribution >= 0.6 is 11.6 Å². The average Bonchev–Trinajstić information content (AvgIpc) is 2.29. The molecule has 0 heterocycles. The number of aliphatic hydroxyl groups excluding tert-OH is 1. The number of urea groups is 1. The smallest absolute Gasteiger partial charge is 0.315 e. The van der Waals surface area contributed by atoms with Gasteiger partial charge in [0.15, 0.2) is 0 Å². The number of aliphatic hydroxyl groups is 1. The van der Waals surface area contributed by atoms with Crippen LogP contribution in [0.25, 0.3) is 0 Å². The highest BCUT2D eigenvalue weighted by Crippen LogP contribution is 2.15. The minimum atomic E-state index is -0.404. The molecule has 100 valence electrons. The van der Waals surface area contributed by atoms with Crippen molar-refractivity contribution in [2.24, 2.45) is 0 Å². The lowest BCUT2D eigenvalue weighted by Gasteiger charge is -2.15. The first kappa shape index (κ1) is 14.8. The fourth-order valence-corrected chi connectivity index (χ4v) is 1.60. The van der Waals surface area contributed by atoms with E-state index in [2.05, 4.69) is 10.6 Å². The Bertz CT molecular complexity index is 379. The van der Waals surface area contributed by atoms with E-state index in [1.54, 1.807) is 19.1 Å². The van der Waals surface area contributed by atoms with Gasteiger partial charge in [0, 0.05) is 11.6 Å². The van der Waals surface area contributed by atoms with Gasteiger partial charge in [-0.05, 0) is 38.0 Å². The molecule has 1 rings (SSSR count). The fraction of sp³-hybridized carbons (Fsp3) is 0.462. The van der Waals surface area contributed by atoms with Crippen LogP contribution in [0.15, 0.2) is 24.3 Å². The maximum absolute atomic E-state index is 11.5. The van der Waals surface area contributed by atoms with Gasteiger partial charge in [0.1, 0.15) is 0 Å². The van der Waals surface area contributed by atoms with Crippen molar-refractivity contribution in [3.63, 3.8) is 0 Å². The fourth-order valence-electron chi connectivity index (χ4n) is 1.48. The second kappa shape index (κ2) is 7.24. The highest BCUT2D eigenvalue weighted by atomic mass is 35.5. The maximum atomic E-state index is 11.5. The van der Waals surface area contributed by atoms with Crippen LogP contribution < -0.4 is 10.6 Å². The SMILES string of the molecule is CC(O)CCNC(=O)NC(C)c1ccc(Cl)cc1. The van der Waals surface area contributed by atoms with Crippen LogP contribution in [0.2, 0.25) is 5.02 Å². The van der Waals surface area contributed by atoms with Crippen LogP contribution in [0.1, 0.15) is 31.9 Å². The van der Waals surface area contributed by atoms with Gasteiger partial charge < -0.3 is 15.7 Å². The number of hydrogen-bond acceptors (Lipinski definition) is 2. The number of benzene rings is 1. The lowest BCUT2D eigenvalue weighted by Crippen LogP contribution is -2.38. The zero-order chi connectivity index (χ0) is 13.5. The summed E-state index contributed by atoms with van der Waals surface area (Å²) in [6, 6.07) is 7.01. The Morgan fingerprint density at radius 1 is 1.33 bits per heavy atom. The largest absolute Gasteiger partial charge is 0.393 e. The van der Waals surface area contributed by atoms with Gasteiger partial charge >= 0.3 is 6.03 Å². The molecule has 0 aliphatic heterocycles. The molecule has 5 heteroatoms. The highest BCUT2D eigenvalue weighted by molar-refractivity contribution is 6.30. The van der Waals surface area contributed by atoms with Gasteiger partial charge in [-0.1, -0.05) is 23.7 Å². The Labute approximate surface area is 112 Å².